The minimum Gasteiger partial charge on any atom is -0.387 e. The molecule has 1 aromatic heterocycles. The third-order valence-corrected chi connectivity index (χ3v) is 3.67. The van der Waals surface area contributed by atoms with Crippen LogP contribution in [0.15, 0.2) is 30.5 Å². The van der Waals surface area contributed by atoms with Crippen molar-refractivity contribution in [3.63, 3.8) is 0 Å². The van der Waals surface area contributed by atoms with E-state index in [0.717, 1.165) is 0 Å². The van der Waals surface area contributed by atoms with Crippen LogP contribution in [-0.2, 0) is 0 Å². The molecule has 0 aliphatic carbocycles. The van der Waals surface area contributed by atoms with E-state index in [1.165, 1.54) is 25.3 Å². The fraction of sp³-hybridized carbons (Fsp3) is 0.200. The molecule has 0 saturated heterocycles. The lowest BCUT2D eigenvalue weighted by atomic mass is 10.1. The van der Waals surface area contributed by atoms with E-state index in [4.69, 9.17) is 23.2 Å². The van der Waals surface area contributed by atoms with Crippen LogP contribution in [0.4, 0.5) is 0 Å². The minimum absolute atomic E-state index is 0.0192. The van der Waals surface area contributed by atoms with Crippen molar-refractivity contribution >= 4 is 34.9 Å². The van der Waals surface area contributed by atoms with Gasteiger partial charge < -0.3 is 15.4 Å². The van der Waals surface area contributed by atoms with Crippen LogP contribution in [0, 0.1) is 0 Å². The third-order valence-electron chi connectivity index (χ3n) is 3.11. The van der Waals surface area contributed by atoms with Crippen LogP contribution in [0.3, 0.4) is 0 Å². The van der Waals surface area contributed by atoms with Crippen molar-refractivity contribution < 1.29 is 14.7 Å². The average molecular weight is 341 g/mol. The molecule has 1 amide bonds. The molecule has 0 fully saturated rings. The quantitative estimate of drug-likeness (QED) is 0.731. The Balaban J connectivity index is 1.99. The number of aliphatic hydroxyl groups is 1. The first kappa shape index (κ1) is 16.5. The summed E-state index contributed by atoms with van der Waals surface area (Å²) in [6.07, 6.45) is 0.500. The molecular weight excluding hydrogens is 327 g/mol. The molecule has 0 radical (unpaired) electrons. The van der Waals surface area contributed by atoms with Gasteiger partial charge in [0.25, 0.3) is 5.91 Å². The summed E-state index contributed by atoms with van der Waals surface area (Å²) in [5.74, 6) is -0.556. The van der Waals surface area contributed by atoms with Gasteiger partial charge in [0.1, 0.15) is 5.69 Å². The normalized spacial score (nSPS) is 12.0. The molecule has 22 heavy (non-hydrogen) atoms. The van der Waals surface area contributed by atoms with Gasteiger partial charge in [-0.3, -0.25) is 9.59 Å². The Bertz CT molecular complexity index is 713. The zero-order valence-electron chi connectivity index (χ0n) is 11.7. The summed E-state index contributed by atoms with van der Waals surface area (Å²) in [7, 11) is 0. The van der Waals surface area contributed by atoms with Crippen molar-refractivity contribution in [2.45, 2.75) is 13.0 Å². The second-order valence-electron chi connectivity index (χ2n) is 4.75. The van der Waals surface area contributed by atoms with Crippen molar-refractivity contribution in [1.29, 1.82) is 0 Å². The van der Waals surface area contributed by atoms with Gasteiger partial charge in [0.2, 0.25) is 0 Å². The van der Waals surface area contributed by atoms with Gasteiger partial charge in [-0.1, -0.05) is 29.3 Å². The number of Topliss-reactive ketones (excluding diaryl/α,β-unsaturated/α-hetero) is 1. The van der Waals surface area contributed by atoms with Crippen molar-refractivity contribution in [1.82, 2.24) is 10.3 Å². The lowest BCUT2D eigenvalue weighted by Gasteiger charge is -2.13. The number of benzene rings is 1. The minimum atomic E-state index is -0.962. The molecule has 3 N–H and O–H groups in total. The summed E-state index contributed by atoms with van der Waals surface area (Å²) in [6, 6.07) is 6.19. The lowest BCUT2D eigenvalue weighted by Crippen LogP contribution is -2.28. The van der Waals surface area contributed by atoms with E-state index in [0.29, 0.717) is 21.2 Å². The number of H-pyrrole nitrogens is 1. The van der Waals surface area contributed by atoms with Crippen molar-refractivity contribution in [3.05, 3.63) is 57.3 Å². The number of halogens is 2. The molecule has 1 heterocycles. The largest absolute Gasteiger partial charge is 0.387 e. The first-order valence-corrected chi connectivity index (χ1v) is 7.24. The molecule has 0 saturated carbocycles. The van der Waals surface area contributed by atoms with E-state index in [1.807, 2.05) is 0 Å². The molecule has 1 unspecified atom stereocenters. The molecule has 0 spiro atoms. The number of aromatic nitrogens is 1. The van der Waals surface area contributed by atoms with Gasteiger partial charge in [-0.15, -0.1) is 0 Å². The van der Waals surface area contributed by atoms with Gasteiger partial charge in [0, 0.05) is 33.9 Å². The van der Waals surface area contributed by atoms with E-state index in [-0.39, 0.29) is 18.0 Å². The maximum atomic E-state index is 11.9. The monoisotopic (exact) mass is 340 g/mol. The number of amides is 1. The number of carbonyl (C=O) groups excluding carboxylic acids is 2. The second-order valence-corrected chi connectivity index (χ2v) is 5.59. The van der Waals surface area contributed by atoms with Gasteiger partial charge in [0.15, 0.2) is 5.78 Å². The number of carbonyl (C=O) groups is 2. The number of aromatic amines is 1. The number of hydrogen-bond acceptors (Lipinski definition) is 3. The zero-order chi connectivity index (χ0) is 16.3. The van der Waals surface area contributed by atoms with Crippen molar-refractivity contribution in [3.8, 4) is 0 Å². The number of nitrogens with one attached hydrogen (secondary N) is 2. The molecular formula is C15H14Cl2N2O3. The number of ketones is 1. The van der Waals surface area contributed by atoms with Crippen LogP contribution in [0.1, 0.15) is 39.4 Å². The first-order chi connectivity index (χ1) is 10.4. The second kappa shape index (κ2) is 6.96. The SMILES string of the molecule is CC(=O)c1c[nH]c(C(=O)NCC(O)c2ccc(Cl)cc2Cl)c1. The standard InChI is InChI=1S/C15H14Cl2N2O3/c1-8(20)9-4-13(18-6-9)15(22)19-7-14(21)11-3-2-10(16)5-12(11)17/h2-6,14,18,21H,7H2,1H3,(H,19,22). The van der Waals surface area contributed by atoms with Gasteiger partial charge >= 0.3 is 0 Å². The van der Waals surface area contributed by atoms with Crippen LogP contribution < -0.4 is 5.32 Å². The molecule has 1 atom stereocenters. The summed E-state index contributed by atoms with van der Waals surface area (Å²) in [5.41, 5.74) is 1.15. The van der Waals surface area contributed by atoms with Gasteiger partial charge in [-0.2, -0.15) is 0 Å². The highest BCUT2D eigenvalue weighted by atomic mass is 35.5. The molecule has 0 aliphatic rings. The van der Waals surface area contributed by atoms with E-state index < -0.39 is 12.0 Å². The number of aliphatic hydroxyl groups excluding tert-OH is 1. The van der Waals surface area contributed by atoms with Crippen LogP contribution >= 0.6 is 23.2 Å². The van der Waals surface area contributed by atoms with Crippen LogP contribution in [0.25, 0.3) is 0 Å². The summed E-state index contributed by atoms with van der Waals surface area (Å²) in [6.45, 7) is 1.39. The summed E-state index contributed by atoms with van der Waals surface area (Å²) < 4.78 is 0. The first-order valence-electron chi connectivity index (χ1n) is 6.49. The Labute approximate surface area is 137 Å². The van der Waals surface area contributed by atoms with E-state index >= 15 is 0 Å². The van der Waals surface area contributed by atoms with Crippen LogP contribution in [0.2, 0.25) is 10.0 Å². The fourth-order valence-electron chi connectivity index (χ4n) is 1.89. The fourth-order valence-corrected chi connectivity index (χ4v) is 2.43. The molecule has 7 heteroatoms. The molecule has 0 aliphatic heterocycles. The summed E-state index contributed by atoms with van der Waals surface area (Å²) in [5, 5.41) is 13.4. The Morgan fingerprint density at radius 2 is 2.05 bits per heavy atom. The van der Waals surface area contributed by atoms with Gasteiger partial charge in [0.05, 0.1) is 6.10 Å². The zero-order valence-corrected chi connectivity index (χ0v) is 13.2. The highest BCUT2D eigenvalue weighted by Gasteiger charge is 2.15. The van der Waals surface area contributed by atoms with Crippen molar-refractivity contribution in [2.75, 3.05) is 6.54 Å². The lowest BCUT2D eigenvalue weighted by molar-refractivity contribution is 0.0912. The average Bonchev–Trinajstić information content (AvgIpc) is 2.94. The maximum Gasteiger partial charge on any atom is 0.267 e. The molecule has 2 rings (SSSR count). The van der Waals surface area contributed by atoms with E-state index in [1.54, 1.807) is 12.1 Å². The number of rotatable bonds is 5. The Morgan fingerprint density at radius 3 is 2.64 bits per heavy atom. The topological polar surface area (TPSA) is 82.2 Å². The van der Waals surface area contributed by atoms with Crippen LogP contribution in [-0.4, -0.2) is 28.3 Å². The summed E-state index contributed by atoms with van der Waals surface area (Å²) >= 11 is 11.8. The number of hydrogen-bond donors (Lipinski definition) is 3. The van der Waals surface area contributed by atoms with Gasteiger partial charge in [-0.05, 0) is 25.1 Å². The highest BCUT2D eigenvalue weighted by Crippen LogP contribution is 2.25. The van der Waals surface area contributed by atoms with E-state index in [9.17, 15) is 14.7 Å². The van der Waals surface area contributed by atoms with Crippen LogP contribution in [0.5, 0.6) is 0 Å². The van der Waals surface area contributed by atoms with Crippen molar-refractivity contribution in [2.24, 2.45) is 0 Å². The maximum absolute atomic E-state index is 11.9. The molecule has 1 aromatic carbocycles. The Morgan fingerprint density at radius 1 is 1.32 bits per heavy atom. The molecule has 2 aromatic rings. The predicted octanol–water partition coefficient (Wildman–Crippen LogP) is 2.99. The summed E-state index contributed by atoms with van der Waals surface area (Å²) in [4.78, 5) is 25.8. The molecule has 116 valence electrons. The Kier molecular flexibility index (Phi) is 5.24. The Hall–Kier alpha value is -1.82. The molecule has 0 bridgehead atoms. The third kappa shape index (κ3) is 3.88. The van der Waals surface area contributed by atoms with E-state index in [2.05, 4.69) is 10.3 Å². The predicted molar refractivity (Wildman–Crippen MR) is 84.6 cm³/mol. The molecule has 5 nitrogen and oxygen atoms in total. The smallest absolute Gasteiger partial charge is 0.267 e. The van der Waals surface area contributed by atoms with Gasteiger partial charge in [-0.25, -0.2) is 0 Å². The highest BCUT2D eigenvalue weighted by molar-refractivity contribution is 6.35.